The van der Waals surface area contributed by atoms with Crippen LogP contribution in [0.25, 0.3) is 0 Å². The quantitative estimate of drug-likeness (QED) is 0.267. The van der Waals surface area contributed by atoms with Crippen molar-refractivity contribution >= 4 is 39.2 Å². The summed E-state index contributed by atoms with van der Waals surface area (Å²) in [6, 6.07) is 2.17. The molecule has 0 aliphatic carbocycles. The van der Waals surface area contributed by atoms with Crippen molar-refractivity contribution in [2.45, 2.75) is 6.92 Å². The molecule has 0 aromatic heterocycles. The molecule has 0 atom stereocenters. The van der Waals surface area contributed by atoms with Crippen LogP contribution >= 0.6 is 11.6 Å². The number of rotatable bonds is 7. The van der Waals surface area contributed by atoms with Gasteiger partial charge in [-0.05, 0) is 13.0 Å². The molecule has 172 valence electrons. The fourth-order valence-electron chi connectivity index (χ4n) is 2.29. The number of nitrogens with one attached hydrogen (secondary N) is 1. The lowest BCUT2D eigenvalue weighted by molar-refractivity contribution is -0.385. The molecule has 0 unspecified atom stereocenters. The van der Waals surface area contributed by atoms with Crippen molar-refractivity contribution in [3.05, 3.63) is 61.9 Å². The van der Waals surface area contributed by atoms with E-state index in [1.165, 1.54) is 4.72 Å². The first-order valence-corrected chi connectivity index (χ1v) is 10.2. The minimum atomic E-state index is -4.60. The average molecular weight is 497 g/mol. The lowest BCUT2D eigenvalue weighted by Gasteiger charge is -2.13. The second-order valence-electron chi connectivity index (χ2n) is 6.01. The van der Waals surface area contributed by atoms with Gasteiger partial charge in [0.15, 0.2) is 23.1 Å². The summed E-state index contributed by atoms with van der Waals surface area (Å²) in [6.07, 6.45) is 0. The van der Waals surface area contributed by atoms with E-state index in [1.54, 1.807) is 0 Å². The fourth-order valence-corrected chi connectivity index (χ4v) is 3.45. The predicted octanol–water partition coefficient (Wildman–Crippen LogP) is 3.00. The molecule has 32 heavy (non-hydrogen) atoms. The van der Waals surface area contributed by atoms with Gasteiger partial charge in [0, 0.05) is 17.7 Å². The van der Waals surface area contributed by atoms with Crippen LogP contribution in [0.4, 0.5) is 18.9 Å². The highest BCUT2D eigenvalue weighted by atomic mass is 35.5. The van der Waals surface area contributed by atoms with Crippen molar-refractivity contribution < 1.29 is 45.6 Å². The van der Waals surface area contributed by atoms with E-state index in [4.69, 9.17) is 16.3 Å². The summed E-state index contributed by atoms with van der Waals surface area (Å²) in [5.41, 5.74) is -2.50. The van der Waals surface area contributed by atoms with Crippen LogP contribution in [-0.4, -0.2) is 38.1 Å². The molecule has 2 aromatic carbocycles. The normalized spacial score (nSPS) is 11.1. The number of methoxy groups -OCH3 is 1. The molecule has 0 bridgehead atoms. The Hall–Kier alpha value is -3.39. The topological polar surface area (TPSA) is 142 Å². The zero-order chi connectivity index (χ0) is 24.4. The van der Waals surface area contributed by atoms with E-state index in [2.05, 4.69) is 4.74 Å². The van der Waals surface area contributed by atoms with Crippen molar-refractivity contribution in [2.75, 3.05) is 12.9 Å². The summed E-state index contributed by atoms with van der Waals surface area (Å²) in [5.74, 6) is -10.3. The van der Waals surface area contributed by atoms with Crippen LogP contribution in [0.1, 0.15) is 15.9 Å². The molecule has 0 radical (unpaired) electrons. The second-order valence-corrected chi connectivity index (χ2v) is 8.11. The van der Waals surface area contributed by atoms with Gasteiger partial charge in [0.2, 0.25) is 15.8 Å². The Morgan fingerprint density at radius 2 is 1.81 bits per heavy atom. The van der Waals surface area contributed by atoms with E-state index in [0.29, 0.717) is 12.1 Å². The zero-order valence-corrected chi connectivity index (χ0v) is 17.6. The number of nitro groups is 1. The Bertz CT molecular complexity index is 1210. The number of esters is 1. The van der Waals surface area contributed by atoms with Crippen molar-refractivity contribution in [2.24, 2.45) is 0 Å². The number of ether oxygens (including phenoxy) is 2. The number of nitrogens with zero attached hydrogens (tertiary/aromatic N) is 1. The third-order valence-corrected chi connectivity index (χ3v) is 5.31. The molecule has 15 heteroatoms. The van der Waals surface area contributed by atoms with Gasteiger partial charge in [-0.1, -0.05) is 11.6 Å². The van der Waals surface area contributed by atoms with Crippen LogP contribution in [0.2, 0.25) is 5.02 Å². The number of carbonyl (C=O) groups excluding carboxylic acids is 2. The lowest BCUT2D eigenvalue weighted by atomic mass is 10.1. The first kappa shape index (κ1) is 24.9. The third-order valence-electron chi connectivity index (χ3n) is 3.86. The predicted molar refractivity (Wildman–Crippen MR) is 103 cm³/mol. The molecule has 1 N–H and O–H groups in total. The summed E-state index contributed by atoms with van der Waals surface area (Å²) in [6.45, 7) is 0.923. The Morgan fingerprint density at radius 3 is 2.38 bits per heavy atom. The van der Waals surface area contributed by atoms with E-state index < -0.39 is 83.4 Å². The second kappa shape index (κ2) is 9.40. The van der Waals surface area contributed by atoms with Crippen molar-refractivity contribution in [1.82, 2.24) is 4.72 Å². The van der Waals surface area contributed by atoms with Gasteiger partial charge in [-0.3, -0.25) is 19.7 Å². The van der Waals surface area contributed by atoms with E-state index >= 15 is 0 Å². The number of amides is 1. The van der Waals surface area contributed by atoms with Crippen LogP contribution in [0.5, 0.6) is 11.5 Å². The Kier molecular flexibility index (Phi) is 7.31. The standard InChI is InChI=1S/C17H12ClF3N2O8S/c1-7-13(19)12(18)16(15(21)14(7)20)31-8-3-4-10(23(26)27)9(5-8)17(25)22-32(28,29)6-11(24)30-2/h3-5H,6H2,1-2H3,(H,22,25). The first-order valence-electron chi connectivity index (χ1n) is 8.19. The highest BCUT2D eigenvalue weighted by Crippen LogP contribution is 2.38. The molecule has 2 rings (SSSR count). The molecule has 2 aromatic rings. The van der Waals surface area contributed by atoms with Gasteiger partial charge >= 0.3 is 5.97 Å². The number of hydrogen-bond donors (Lipinski definition) is 1. The first-order chi connectivity index (χ1) is 14.8. The minimum absolute atomic E-state index is 0.547. The molecule has 0 saturated carbocycles. The highest BCUT2D eigenvalue weighted by molar-refractivity contribution is 7.90. The Labute approximate surface area is 183 Å². The number of hydrogen-bond acceptors (Lipinski definition) is 8. The molecule has 10 nitrogen and oxygen atoms in total. The number of halogens is 4. The van der Waals surface area contributed by atoms with Crippen molar-refractivity contribution in [1.29, 1.82) is 0 Å². The number of carbonyl (C=O) groups is 2. The molecular weight excluding hydrogens is 485 g/mol. The lowest BCUT2D eigenvalue weighted by Crippen LogP contribution is -2.35. The largest absolute Gasteiger partial charge is 0.468 e. The molecular formula is C17H12ClF3N2O8S. The maximum Gasteiger partial charge on any atom is 0.322 e. The van der Waals surface area contributed by atoms with Gasteiger partial charge in [0.05, 0.1) is 12.0 Å². The molecule has 0 fully saturated rings. The fraction of sp³-hybridized carbons (Fsp3) is 0.176. The van der Waals surface area contributed by atoms with Crippen LogP contribution in [0.3, 0.4) is 0 Å². The highest BCUT2D eigenvalue weighted by Gasteiger charge is 2.28. The van der Waals surface area contributed by atoms with E-state index in [9.17, 15) is 41.3 Å². The monoisotopic (exact) mass is 496 g/mol. The Balaban J connectivity index is 2.49. The van der Waals surface area contributed by atoms with Crippen LogP contribution < -0.4 is 9.46 Å². The molecule has 0 spiro atoms. The van der Waals surface area contributed by atoms with Crippen LogP contribution in [0.15, 0.2) is 18.2 Å². The van der Waals surface area contributed by atoms with Crippen LogP contribution in [-0.2, 0) is 19.6 Å². The van der Waals surface area contributed by atoms with Gasteiger partial charge in [-0.25, -0.2) is 21.9 Å². The van der Waals surface area contributed by atoms with Crippen molar-refractivity contribution in [3.8, 4) is 11.5 Å². The zero-order valence-electron chi connectivity index (χ0n) is 16.1. The van der Waals surface area contributed by atoms with Crippen LogP contribution in [0, 0.1) is 34.5 Å². The van der Waals surface area contributed by atoms with E-state index in [-0.39, 0.29) is 0 Å². The van der Waals surface area contributed by atoms with E-state index in [1.807, 2.05) is 0 Å². The third kappa shape index (κ3) is 5.26. The molecule has 0 saturated heterocycles. The minimum Gasteiger partial charge on any atom is -0.468 e. The molecule has 1 amide bonds. The van der Waals surface area contributed by atoms with Gasteiger partial charge in [0.1, 0.15) is 16.3 Å². The SMILES string of the molecule is COC(=O)CS(=O)(=O)NC(=O)c1cc(Oc2c(F)c(F)c(C)c(F)c2Cl)ccc1[N+](=O)[O-]. The molecule has 0 heterocycles. The Morgan fingerprint density at radius 1 is 1.19 bits per heavy atom. The molecule has 0 aliphatic heterocycles. The van der Waals surface area contributed by atoms with Gasteiger partial charge < -0.3 is 9.47 Å². The number of sulfonamides is 1. The van der Waals surface area contributed by atoms with E-state index in [0.717, 1.165) is 20.1 Å². The smallest absolute Gasteiger partial charge is 0.322 e. The maximum atomic E-state index is 14.2. The van der Waals surface area contributed by atoms with Gasteiger partial charge in [-0.15, -0.1) is 0 Å². The summed E-state index contributed by atoms with van der Waals surface area (Å²) >= 11 is 5.64. The summed E-state index contributed by atoms with van der Waals surface area (Å²) in [4.78, 5) is 33.6. The van der Waals surface area contributed by atoms with Crippen molar-refractivity contribution in [3.63, 3.8) is 0 Å². The number of nitro benzene ring substituents is 1. The summed E-state index contributed by atoms with van der Waals surface area (Å²) in [5, 5.41) is 10.3. The molecule has 0 aliphatic rings. The maximum absolute atomic E-state index is 14.2. The van der Waals surface area contributed by atoms with Gasteiger partial charge in [0.25, 0.3) is 11.6 Å². The summed E-state index contributed by atoms with van der Waals surface area (Å²) in [7, 11) is -3.71. The average Bonchev–Trinajstić information content (AvgIpc) is 2.72. The number of benzene rings is 2. The summed E-state index contributed by atoms with van der Waals surface area (Å²) < 4.78 is 76.2. The van der Waals surface area contributed by atoms with Gasteiger partial charge in [-0.2, -0.15) is 4.39 Å².